The second-order valence-electron chi connectivity index (χ2n) is 5.26. The lowest BCUT2D eigenvalue weighted by molar-refractivity contribution is 0.0122. The van der Waals surface area contributed by atoms with Crippen molar-refractivity contribution in [3.05, 3.63) is 0 Å². The summed E-state index contributed by atoms with van der Waals surface area (Å²) < 4.78 is 5.17. The van der Waals surface area contributed by atoms with Crippen molar-refractivity contribution in [1.29, 1.82) is 0 Å². The van der Waals surface area contributed by atoms with Crippen LogP contribution in [0.25, 0.3) is 0 Å². The highest BCUT2D eigenvalue weighted by atomic mass is 16.6. The van der Waals surface area contributed by atoms with Crippen molar-refractivity contribution in [2.45, 2.75) is 59.3 Å². The summed E-state index contributed by atoms with van der Waals surface area (Å²) in [5.74, 6) is 5.34. The fraction of sp³-hybridized carbons (Fsp3) is 0.909. The average Bonchev–Trinajstić information content (AvgIpc) is 2.09. The zero-order chi connectivity index (χ0) is 12.9. The minimum Gasteiger partial charge on any atom is -0.444 e. The topological polar surface area (TPSA) is 73.6 Å². The quantitative estimate of drug-likeness (QED) is 0.725. The summed E-state index contributed by atoms with van der Waals surface area (Å²) in [6.07, 6.45) is -0.706. The van der Waals surface area contributed by atoms with E-state index < -0.39 is 11.7 Å². The Kier molecular flexibility index (Phi) is 5.75. The summed E-state index contributed by atoms with van der Waals surface area (Å²) in [6, 6.07) is -0.167. The van der Waals surface area contributed by atoms with E-state index in [0.29, 0.717) is 0 Å². The number of rotatable bonds is 4. The van der Waals surface area contributed by atoms with Crippen LogP contribution in [0.4, 0.5) is 4.79 Å². The summed E-state index contributed by atoms with van der Waals surface area (Å²) in [5.41, 5.74) is -0.502. The molecule has 0 radical (unpaired) electrons. The van der Waals surface area contributed by atoms with Crippen LogP contribution in [0.2, 0.25) is 0 Å². The number of carbonyl (C=O) groups excluding carboxylic acids is 1. The number of nitrogens with one attached hydrogen (secondary N) is 1. The van der Waals surface area contributed by atoms with Gasteiger partial charge in [0.1, 0.15) is 5.60 Å². The lowest BCUT2D eigenvalue weighted by atomic mass is 10.00. The van der Waals surface area contributed by atoms with Crippen molar-refractivity contribution in [2.75, 3.05) is 0 Å². The van der Waals surface area contributed by atoms with Crippen molar-refractivity contribution >= 4 is 6.09 Å². The molecule has 0 bridgehead atoms. The number of carbonyl (C=O) groups is 1. The second-order valence-corrected chi connectivity index (χ2v) is 5.26. The molecule has 0 aromatic rings. The molecular formula is C11H24N2O3. The van der Waals surface area contributed by atoms with Gasteiger partial charge in [0.05, 0.1) is 12.1 Å². The van der Waals surface area contributed by atoms with Crippen LogP contribution in [0.15, 0.2) is 0 Å². The third kappa shape index (κ3) is 5.92. The molecule has 3 N–H and O–H groups in total. The number of nitrogens with two attached hydrogens (primary N) is 1. The number of hydrogen-bond donors (Lipinski definition) is 2. The Balaban J connectivity index is 4.36. The van der Waals surface area contributed by atoms with Crippen molar-refractivity contribution in [3.63, 3.8) is 0 Å². The molecule has 0 heterocycles. The van der Waals surface area contributed by atoms with Crippen LogP contribution in [0.3, 0.4) is 0 Å². The molecule has 0 aromatic carbocycles. The first-order valence-corrected chi connectivity index (χ1v) is 5.52. The zero-order valence-corrected chi connectivity index (χ0v) is 11.0. The van der Waals surface area contributed by atoms with Gasteiger partial charge < -0.3 is 10.1 Å². The highest BCUT2D eigenvalue weighted by Crippen LogP contribution is 2.11. The molecule has 0 fully saturated rings. The maximum atomic E-state index is 11.6. The van der Waals surface area contributed by atoms with E-state index in [-0.39, 0.29) is 18.1 Å². The van der Waals surface area contributed by atoms with E-state index in [4.69, 9.17) is 15.5 Å². The third-order valence-corrected chi connectivity index (χ3v) is 2.12. The Labute approximate surface area is 97.6 Å². The van der Waals surface area contributed by atoms with Gasteiger partial charge in [0.25, 0.3) is 0 Å². The third-order valence-electron chi connectivity index (χ3n) is 2.12. The molecule has 0 saturated carbocycles. The Hall–Kier alpha value is -0.810. The Bertz CT molecular complexity index is 224. The van der Waals surface area contributed by atoms with E-state index in [1.165, 1.54) is 0 Å². The molecule has 0 spiro atoms. The fourth-order valence-corrected chi connectivity index (χ4v) is 1.35. The van der Waals surface area contributed by atoms with Crippen LogP contribution >= 0.6 is 0 Å². The van der Waals surface area contributed by atoms with Crippen LogP contribution in [-0.4, -0.2) is 23.8 Å². The normalized spacial score (nSPS) is 15.8. The monoisotopic (exact) mass is 232 g/mol. The van der Waals surface area contributed by atoms with Crippen molar-refractivity contribution in [3.8, 4) is 0 Å². The van der Waals surface area contributed by atoms with Gasteiger partial charge in [-0.3, -0.25) is 4.84 Å². The highest BCUT2D eigenvalue weighted by molar-refractivity contribution is 5.68. The van der Waals surface area contributed by atoms with Gasteiger partial charge in [0.15, 0.2) is 0 Å². The van der Waals surface area contributed by atoms with E-state index in [1.54, 1.807) is 0 Å². The standard InChI is InChI=1S/C11H24N2O3/c1-7(2)9(8(3)16-12)13-10(14)15-11(4,5)6/h7-9H,12H2,1-6H3,(H,13,14). The summed E-state index contributed by atoms with van der Waals surface area (Å²) in [7, 11) is 0. The average molecular weight is 232 g/mol. The molecule has 96 valence electrons. The van der Waals surface area contributed by atoms with E-state index in [1.807, 2.05) is 41.5 Å². The van der Waals surface area contributed by atoms with E-state index >= 15 is 0 Å². The van der Waals surface area contributed by atoms with Gasteiger partial charge in [-0.25, -0.2) is 10.7 Å². The first-order valence-electron chi connectivity index (χ1n) is 5.52. The van der Waals surface area contributed by atoms with Crippen LogP contribution < -0.4 is 11.2 Å². The lowest BCUT2D eigenvalue weighted by Crippen LogP contribution is -2.48. The van der Waals surface area contributed by atoms with Gasteiger partial charge >= 0.3 is 6.09 Å². The van der Waals surface area contributed by atoms with Gasteiger partial charge in [0, 0.05) is 0 Å². The van der Waals surface area contributed by atoms with Gasteiger partial charge in [-0.05, 0) is 33.6 Å². The predicted molar refractivity (Wildman–Crippen MR) is 62.7 cm³/mol. The van der Waals surface area contributed by atoms with E-state index in [9.17, 15) is 4.79 Å². The Morgan fingerprint density at radius 3 is 2.06 bits per heavy atom. The SMILES string of the molecule is CC(C)C(NC(=O)OC(C)(C)C)C(C)ON. The molecule has 2 atom stereocenters. The van der Waals surface area contributed by atoms with E-state index in [2.05, 4.69) is 5.32 Å². The van der Waals surface area contributed by atoms with Crippen LogP contribution in [0.1, 0.15) is 41.5 Å². The van der Waals surface area contributed by atoms with Crippen LogP contribution in [0.5, 0.6) is 0 Å². The lowest BCUT2D eigenvalue weighted by Gasteiger charge is -2.28. The molecular weight excluding hydrogens is 208 g/mol. The number of alkyl carbamates (subject to hydrolysis) is 1. The summed E-state index contributed by atoms with van der Waals surface area (Å²) in [5, 5.41) is 2.76. The van der Waals surface area contributed by atoms with Gasteiger partial charge in [-0.1, -0.05) is 13.8 Å². The fourth-order valence-electron chi connectivity index (χ4n) is 1.35. The molecule has 0 aliphatic rings. The number of amides is 1. The molecule has 5 nitrogen and oxygen atoms in total. The van der Waals surface area contributed by atoms with Gasteiger partial charge in [-0.15, -0.1) is 0 Å². The largest absolute Gasteiger partial charge is 0.444 e. The minimum absolute atomic E-state index is 0.167. The molecule has 2 unspecified atom stereocenters. The molecule has 0 rings (SSSR count). The smallest absolute Gasteiger partial charge is 0.407 e. The molecule has 16 heavy (non-hydrogen) atoms. The maximum Gasteiger partial charge on any atom is 0.407 e. The molecule has 0 aliphatic heterocycles. The predicted octanol–water partition coefficient (Wildman–Crippen LogP) is 1.81. The number of hydrogen-bond acceptors (Lipinski definition) is 4. The molecule has 5 heteroatoms. The maximum absolute atomic E-state index is 11.6. The van der Waals surface area contributed by atoms with Gasteiger partial charge in [0.2, 0.25) is 0 Å². The summed E-state index contributed by atoms with van der Waals surface area (Å²) in [4.78, 5) is 16.3. The molecule has 0 aliphatic carbocycles. The van der Waals surface area contributed by atoms with Crippen molar-refractivity contribution < 1.29 is 14.4 Å². The second kappa shape index (κ2) is 6.06. The molecule has 1 amide bonds. The van der Waals surface area contributed by atoms with Crippen LogP contribution in [-0.2, 0) is 9.57 Å². The minimum atomic E-state index is -0.502. The van der Waals surface area contributed by atoms with Crippen molar-refractivity contribution in [2.24, 2.45) is 11.8 Å². The zero-order valence-electron chi connectivity index (χ0n) is 11.0. The van der Waals surface area contributed by atoms with Gasteiger partial charge in [-0.2, -0.15) is 0 Å². The van der Waals surface area contributed by atoms with Crippen molar-refractivity contribution in [1.82, 2.24) is 5.32 Å². The highest BCUT2D eigenvalue weighted by Gasteiger charge is 2.25. The summed E-state index contributed by atoms with van der Waals surface area (Å²) >= 11 is 0. The molecule has 0 aromatic heterocycles. The first kappa shape index (κ1) is 15.2. The van der Waals surface area contributed by atoms with E-state index in [0.717, 1.165) is 0 Å². The Morgan fingerprint density at radius 2 is 1.75 bits per heavy atom. The number of ether oxygens (including phenoxy) is 1. The summed E-state index contributed by atoms with van der Waals surface area (Å²) in [6.45, 7) is 11.2. The first-order chi connectivity index (χ1) is 7.17. The van der Waals surface area contributed by atoms with Crippen LogP contribution in [0, 0.1) is 5.92 Å². The molecule has 0 saturated heterocycles. The Morgan fingerprint density at radius 1 is 1.25 bits per heavy atom.